The summed E-state index contributed by atoms with van der Waals surface area (Å²) >= 11 is 1.08. The van der Waals surface area contributed by atoms with E-state index in [1.54, 1.807) is 13.1 Å². The molecule has 5 nitrogen and oxygen atoms in total. The fourth-order valence-electron chi connectivity index (χ4n) is 3.09. The first-order valence-corrected chi connectivity index (χ1v) is 11.3. The maximum Gasteiger partial charge on any atom is 0.416 e. The summed E-state index contributed by atoms with van der Waals surface area (Å²) in [5.74, 6) is -0.239. The highest BCUT2D eigenvalue weighted by Gasteiger charge is 2.30. The number of carbonyl (C=O) groups is 1. The third-order valence-corrected chi connectivity index (χ3v) is 8.20. The van der Waals surface area contributed by atoms with Gasteiger partial charge < -0.3 is 4.90 Å². The van der Waals surface area contributed by atoms with Crippen LogP contribution in [0.1, 0.15) is 28.8 Å². The van der Waals surface area contributed by atoms with Crippen molar-refractivity contribution < 1.29 is 26.4 Å². The lowest BCUT2D eigenvalue weighted by molar-refractivity contribution is -0.137. The summed E-state index contributed by atoms with van der Waals surface area (Å²) in [6.07, 6.45) is -2.65. The molecule has 0 N–H and O–H groups in total. The molecule has 0 saturated carbocycles. The number of sulfonamides is 1. The molecule has 1 saturated heterocycles. The SMILES string of the molecule is CN(Cc1ccc(C(F)(F)F)cc1)C(=O)Cc1ccc(S(=O)(=O)N2CCCC2)s1. The normalized spacial score (nSPS) is 15.6. The molecular weight excluding hydrogens is 425 g/mol. The Kier molecular flexibility index (Phi) is 6.35. The molecule has 1 amide bonds. The Bertz CT molecular complexity index is 963. The first-order valence-electron chi connectivity index (χ1n) is 9.06. The second-order valence-corrected chi connectivity index (χ2v) is 10.3. The van der Waals surface area contributed by atoms with Gasteiger partial charge in [-0.15, -0.1) is 11.3 Å². The average Bonchev–Trinajstić information content (AvgIpc) is 3.34. The van der Waals surface area contributed by atoms with Gasteiger partial charge in [-0.25, -0.2) is 8.42 Å². The molecule has 29 heavy (non-hydrogen) atoms. The summed E-state index contributed by atoms with van der Waals surface area (Å²) in [4.78, 5) is 14.5. The van der Waals surface area contributed by atoms with E-state index in [1.165, 1.54) is 27.4 Å². The molecule has 0 spiro atoms. The van der Waals surface area contributed by atoms with Crippen LogP contribution < -0.4 is 0 Å². The molecule has 158 valence electrons. The van der Waals surface area contributed by atoms with E-state index in [-0.39, 0.29) is 23.1 Å². The number of thiophene rings is 1. The van der Waals surface area contributed by atoms with Gasteiger partial charge in [0.15, 0.2) is 0 Å². The Morgan fingerprint density at radius 2 is 1.72 bits per heavy atom. The zero-order valence-electron chi connectivity index (χ0n) is 15.8. The van der Waals surface area contributed by atoms with Crippen molar-refractivity contribution in [3.8, 4) is 0 Å². The molecule has 1 fully saturated rings. The lowest BCUT2D eigenvalue weighted by atomic mass is 10.1. The molecule has 10 heteroatoms. The van der Waals surface area contributed by atoms with E-state index in [2.05, 4.69) is 0 Å². The summed E-state index contributed by atoms with van der Waals surface area (Å²) in [6, 6.07) is 7.83. The predicted octanol–water partition coefficient (Wildman–Crippen LogP) is 3.75. The second kappa shape index (κ2) is 8.45. The van der Waals surface area contributed by atoms with Crippen molar-refractivity contribution >= 4 is 27.3 Å². The van der Waals surface area contributed by atoms with Crippen LogP contribution >= 0.6 is 11.3 Å². The third kappa shape index (κ3) is 5.18. The van der Waals surface area contributed by atoms with Gasteiger partial charge in [0.1, 0.15) is 4.21 Å². The summed E-state index contributed by atoms with van der Waals surface area (Å²) in [5.41, 5.74) is -0.155. The van der Waals surface area contributed by atoms with E-state index < -0.39 is 21.8 Å². The minimum absolute atomic E-state index is 0.0390. The smallest absolute Gasteiger partial charge is 0.341 e. The minimum atomic E-state index is -4.40. The number of hydrogen-bond acceptors (Lipinski definition) is 4. The van der Waals surface area contributed by atoms with Gasteiger partial charge in [-0.1, -0.05) is 12.1 Å². The van der Waals surface area contributed by atoms with Crippen LogP contribution in [-0.2, 0) is 34.0 Å². The van der Waals surface area contributed by atoms with E-state index >= 15 is 0 Å². The number of amides is 1. The Morgan fingerprint density at radius 3 is 2.31 bits per heavy atom. The molecule has 2 aromatic rings. The summed E-state index contributed by atoms with van der Waals surface area (Å²) < 4.78 is 64.7. The fourth-order valence-corrected chi connectivity index (χ4v) is 6.11. The zero-order chi connectivity index (χ0) is 21.2. The van der Waals surface area contributed by atoms with Crippen molar-refractivity contribution in [2.45, 2.75) is 36.2 Å². The lowest BCUT2D eigenvalue weighted by Gasteiger charge is -2.17. The van der Waals surface area contributed by atoms with Gasteiger partial charge in [-0.05, 0) is 42.7 Å². The first-order chi connectivity index (χ1) is 13.6. The van der Waals surface area contributed by atoms with Crippen molar-refractivity contribution in [2.24, 2.45) is 0 Å². The highest BCUT2D eigenvalue weighted by Crippen LogP contribution is 2.30. The Morgan fingerprint density at radius 1 is 1.10 bits per heavy atom. The number of rotatable bonds is 6. The van der Waals surface area contributed by atoms with Crippen LogP contribution in [0.15, 0.2) is 40.6 Å². The number of hydrogen-bond donors (Lipinski definition) is 0. The molecule has 2 heterocycles. The Hall–Kier alpha value is -1.91. The minimum Gasteiger partial charge on any atom is -0.341 e. The lowest BCUT2D eigenvalue weighted by Crippen LogP contribution is -2.27. The molecule has 0 radical (unpaired) electrons. The number of likely N-dealkylation sites (N-methyl/N-ethyl adjacent to an activating group) is 1. The maximum absolute atomic E-state index is 12.6. The number of alkyl halides is 3. The van der Waals surface area contributed by atoms with Gasteiger partial charge in [-0.3, -0.25) is 4.79 Å². The monoisotopic (exact) mass is 446 g/mol. The van der Waals surface area contributed by atoms with Gasteiger partial charge in [0.25, 0.3) is 10.0 Å². The summed E-state index contributed by atoms with van der Waals surface area (Å²) in [5, 5.41) is 0. The molecule has 0 bridgehead atoms. The molecule has 3 rings (SSSR count). The van der Waals surface area contributed by atoms with Crippen LogP contribution in [0.2, 0.25) is 0 Å². The number of nitrogens with zero attached hydrogens (tertiary/aromatic N) is 2. The third-order valence-electron chi connectivity index (χ3n) is 4.75. The van der Waals surface area contributed by atoms with Crippen molar-refractivity contribution in [3.63, 3.8) is 0 Å². The summed E-state index contributed by atoms with van der Waals surface area (Å²) in [6.45, 7) is 1.20. The van der Waals surface area contributed by atoms with E-state index in [1.807, 2.05) is 0 Å². The van der Waals surface area contributed by atoms with Crippen LogP contribution in [-0.4, -0.2) is 43.7 Å². The van der Waals surface area contributed by atoms with Crippen LogP contribution in [0.3, 0.4) is 0 Å². The quantitative estimate of drug-likeness (QED) is 0.679. The van der Waals surface area contributed by atoms with Crippen molar-refractivity contribution in [2.75, 3.05) is 20.1 Å². The van der Waals surface area contributed by atoms with Crippen LogP contribution in [0.5, 0.6) is 0 Å². The molecule has 1 aliphatic heterocycles. The largest absolute Gasteiger partial charge is 0.416 e. The Balaban J connectivity index is 1.61. The first kappa shape index (κ1) is 21.8. The molecule has 1 aliphatic rings. The molecule has 1 aromatic heterocycles. The second-order valence-electron chi connectivity index (χ2n) is 6.95. The van der Waals surface area contributed by atoms with Crippen LogP contribution in [0, 0.1) is 0 Å². The van der Waals surface area contributed by atoms with E-state index in [4.69, 9.17) is 0 Å². The van der Waals surface area contributed by atoms with Crippen molar-refractivity contribution in [3.05, 3.63) is 52.4 Å². The van der Waals surface area contributed by atoms with Crippen molar-refractivity contribution in [1.29, 1.82) is 0 Å². The molecule has 0 atom stereocenters. The molecule has 0 aliphatic carbocycles. The molecular formula is C19H21F3N2O3S2. The van der Waals surface area contributed by atoms with Crippen LogP contribution in [0.4, 0.5) is 13.2 Å². The number of benzene rings is 1. The van der Waals surface area contributed by atoms with E-state index in [9.17, 15) is 26.4 Å². The van der Waals surface area contributed by atoms with Gasteiger partial charge in [-0.2, -0.15) is 17.5 Å². The molecule has 1 aromatic carbocycles. The van der Waals surface area contributed by atoms with E-state index in [0.717, 1.165) is 36.3 Å². The highest BCUT2D eigenvalue weighted by atomic mass is 32.2. The van der Waals surface area contributed by atoms with Gasteiger partial charge in [0.2, 0.25) is 5.91 Å². The number of halogens is 3. The van der Waals surface area contributed by atoms with Crippen LogP contribution in [0.25, 0.3) is 0 Å². The topological polar surface area (TPSA) is 57.7 Å². The fraction of sp³-hybridized carbons (Fsp3) is 0.421. The van der Waals surface area contributed by atoms with Gasteiger partial charge in [0.05, 0.1) is 12.0 Å². The van der Waals surface area contributed by atoms with Gasteiger partial charge in [0, 0.05) is 31.6 Å². The van der Waals surface area contributed by atoms with Crippen molar-refractivity contribution in [1.82, 2.24) is 9.21 Å². The standard InChI is InChI=1S/C19H21F3N2O3S2/c1-23(13-14-4-6-15(7-5-14)19(20,21)22)17(25)12-16-8-9-18(28-16)29(26,27)24-10-2-3-11-24/h4-9H,2-3,10-13H2,1H3. The summed E-state index contributed by atoms with van der Waals surface area (Å²) in [7, 11) is -1.94. The predicted molar refractivity (Wildman–Crippen MR) is 104 cm³/mol. The van der Waals surface area contributed by atoms with Gasteiger partial charge >= 0.3 is 6.18 Å². The number of carbonyl (C=O) groups excluding carboxylic acids is 1. The zero-order valence-corrected chi connectivity index (χ0v) is 17.4. The Labute approximate surface area is 171 Å². The molecule has 0 unspecified atom stereocenters. The average molecular weight is 447 g/mol. The maximum atomic E-state index is 12.6. The van der Waals surface area contributed by atoms with E-state index in [0.29, 0.717) is 23.5 Å². The highest BCUT2D eigenvalue weighted by molar-refractivity contribution is 7.91.